The highest BCUT2D eigenvalue weighted by Crippen LogP contribution is 2.52. The van der Waals surface area contributed by atoms with E-state index in [1.807, 2.05) is 0 Å². The van der Waals surface area contributed by atoms with E-state index in [4.69, 9.17) is 9.47 Å². The lowest BCUT2D eigenvalue weighted by Crippen LogP contribution is -2.60. The molecule has 34 heavy (non-hydrogen) atoms. The highest BCUT2D eigenvalue weighted by molar-refractivity contribution is 5.88. The van der Waals surface area contributed by atoms with Crippen molar-refractivity contribution < 1.29 is 18.7 Å². The molecule has 3 heterocycles. The summed E-state index contributed by atoms with van der Waals surface area (Å²) >= 11 is 0. The third-order valence-electron chi connectivity index (χ3n) is 9.92. The number of piperidine rings is 1. The smallest absolute Gasteiger partial charge is 0.260 e. The molecule has 0 bridgehead atoms. The number of hydrogen-bond donors (Lipinski definition) is 0. The molecule has 6 heteroatoms. The van der Waals surface area contributed by atoms with Crippen molar-refractivity contribution in [2.45, 2.75) is 81.5 Å². The Hall–Kier alpha value is -1.66. The molecule has 3 saturated heterocycles. The Kier molecular flexibility index (Phi) is 4.87. The number of para-hydroxylation sites is 1. The monoisotopic (exact) mass is 468 g/mol. The second kappa shape index (κ2) is 7.67. The van der Waals surface area contributed by atoms with Crippen LogP contribution in [0, 0.1) is 10.8 Å². The molecule has 7 rings (SSSR count). The summed E-state index contributed by atoms with van der Waals surface area (Å²) in [5.74, 6) is 1.43. The van der Waals surface area contributed by atoms with E-state index in [9.17, 15) is 9.18 Å². The summed E-state index contributed by atoms with van der Waals surface area (Å²) in [6.07, 6.45) is 9.43. The van der Waals surface area contributed by atoms with Crippen molar-refractivity contribution in [2.24, 2.45) is 10.8 Å². The number of likely N-dealkylation sites (tertiary alicyclic amines) is 2. The Labute approximate surface area is 201 Å². The molecule has 0 aromatic heterocycles. The van der Waals surface area contributed by atoms with E-state index in [2.05, 4.69) is 29.2 Å². The largest absolute Gasteiger partial charge is 0.490 e. The van der Waals surface area contributed by atoms with Crippen molar-refractivity contribution in [3.8, 4) is 5.75 Å². The molecule has 1 aromatic rings. The Bertz CT molecular complexity index is 952. The van der Waals surface area contributed by atoms with E-state index in [1.165, 1.54) is 37.7 Å². The standard InChI is InChI=1S/C28H37FN2O3/c29-28(9-10-28)25(32)31-16-26(17-31)8-5-21(13-26)30-11-6-20(7-12-30)23-3-1-2-4-24(23)34-22-14-27(15-22)18-33-19-27/h1-4,20-22H,5-19H2. The zero-order valence-electron chi connectivity index (χ0n) is 20.1. The van der Waals surface area contributed by atoms with Gasteiger partial charge < -0.3 is 19.3 Å². The summed E-state index contributed by atoms with van der Waals surface area (Å²) in [4.78, 5) is 16.8. The van der Waals surface area contributed by atoms with Gasteiger partial charge in [0, 0.05) is 30.0 Å². The van der Waals surface area contributed by atoms with E-state index in [0.29, 0.717) is 36.3 Å². The number of alkyl halides is 1. The molecule has 0 N–H and O–H groups in total. The minimum Gasteiger partial charge on any atom is -0.490 e. The van der Waals surface area contributed by atoms with Crippen LogP contribution in [0.3, 0.4) is 0 Å². The lowest BCUT2D eigenvalue weighted by Gasteiger charge is -2.52. The van der Waals surface area contributed by atoms with E-state index >= 15 is 0 Å². The van der Waals surface area contributed by atoms with Gasteiger partial charge in [-0.1, -0.05) is 18.2 Å². The van der Waals surface area contributed by atoms with Crippen molar-refractivity contribution >= 4 is 5.91 Å². The molecule has 6 fully saturated rings. The normalized spacial score (nSPS) is 31.7. The summed E-state index contributed by atoms with van der Waals surface area (Å²) in [7, 11) is 0. The molecule has 2 spiro atoms. The first-order valence-electron chi connectivity index (χ1n) is 13.5. The second-order valence-corrected chi connectivity index (χ2v) is 12.5. The van der Waals surface area contributed by atoms with Crippen molar-refractivity contribution in [3.05, 3.63) is 29.8 Å². The number of hydrogen-bond acceptors (Lipinski definition) is 4. The third-order valence-corrected chi connectivity index (χ3v) is 9.92. The minimum absolute atomic E-state index is 0.235. The minimum atomic E-state index is -1.51. The Balaban J connectivity index is 0.919. The average molecular weight is 469 g/mol. The summed E-state index contributed by atoms with van der Waals surface area (Å²) in [5.41, 5.74) is 0.575. The molecular formula is C28H37FN2O3. The van der Waals surface area contributed by atoms with Crippen LogP contribution in [0.5, 0.6) is 5.75 Å². The molecule has 6 aliphatic rings. The van der Waals surface area contributed by atoms with Gasteiger partial charge in [-0.15, -0.1) is 0 Å². The topological polar surface area (TPSA) is 42.0 Å². The van der Waals surface area contributed by atoms with Gasteiger partial charge in [0.1, 0.15) is 11.9 Å². The third kappa shape index (κ3) is 3.59. The number of amides is 1. The van der Waals surface area contributed by atoms with E-state index in [-0.39, 0.29) is 11.3 Å². The fourth-order valence-electron chi connectivity index (χ4n) is 7.59. The number of ether oxygens (including phenoxy) is 2. The molecule has 1 aromatic carbocycles. The number of nitrogens with zero attached hydrogens (tertiary/aromatic N) is 2. The first kappa shape index (κ1) is 21.6. The second-order valence-electron chi connectivity index (χ2n) is 12.5. The number of benzene rings is 1. The fourth-order valence-corrected chi connectivity index (χ4v) is 7.59. The molecule has 3 aliphatic heterocycles. The average Bonchev–Trinajstić information content (AvgIpc) is 3.37. The maximum Gasteiger partial charge on any atom is 0.260 e. The first-order chi connectivity index (χ1) is 16.5. The molecule has 1 atom stereocenters. The molecule has 0 radical (unpaired) electrons. The highest BCUT2D eigenvalue weighted by Gasteiger charge is 2.58. The molecule has 1 amide bonds. The zero-order chi connectivity index (χ0) is 23.0. The van der Waals surface area contributed by atoms with Crippen LogP contribution in [0.2, 0.25) is 0 Å². The van der Waals surface area contributed by atoms with Gasteiger partial charge in [-0.25, -0.2) is 4.39 Å². The number of carbonyl (C=O) groups is 1. The molecule has 3 saturated carbocycles. The van der Waals surface area contributed by atoms with Crippen LogP contribution < -0.4 is 4.74 Å². The van der Waals surface area contributed by atoms with Crippen LogP contribution in [0.4, 0.5) is 4.39 Å². The van der Waals surface area contributed by atoms with Crippen LogP contribution in [-0.2, 0) is 9.53 Å². The van der Waals surface area contributed by atoms with Crippen LogP contribution in [0.25, 0.3) is 0 Å². The Morgan fingerprint density at radius 2 is 1.71 bits per heavy atom. The Morgan fingerprint density at radius 1 is 0.971 bits per heavy atom. The Morgan fingerprint density at radius 3 is 2.38 bits per heavy atom. The number of carbonyl (C=O) groups excluding carboxylic acids is 1. The lowest BCUT2D eigenvalue weighted by molar-refractivity contribution is -0.191. The lowest BCUT2D eigenvalue weighted by atomic mass is 9.65. The van der Waals surface area contributed by atoms with Crippen LogP contribution in [0.1, 0.15) is 69.3 Å². The van der Waals surface area contributed by atoms with Gasteiger partial charge in [0.05, 0.1) is 13.2 Å². The molecule has 3 aliphatic carbocycles. The van der Waals surface area contributed by atoms with Gasteiger partial charge >= 0.3 is 0 Å². The van der Waals surface area contributed by atoms with Gasteiger partial charge in [0.2, 0.25) is 0 Å². The van der Waals surface area contributed by atoms with Crippen LogP contribution in [-0.4, -0.2) is 72.9 Å². The molecule has 184 valence electrons. The number of rotatable bonds is 5. The fraction of sp³-hybridized carbons (Fsp3) is 0.750. The van der Waals surface area contributed by atoms with E-state index in [1.54, 1.807) is 4.90 Å². The van der Waals surface area contributed by atoms with Crippen LogP contribution in [0.15, 0.2) is 24.3 Å². The molecule has 5 nitrogen and oxygen atoms in total. The van der Waals surface area contributed by atoms with Crippen LogP contribution >= 0.6 is 0 Å². The summed E-state index contributed by atoms with van der Waals surface area (Å²) < 4.78 is 26.0. The van der Waals surface area contributed by atoms with Crippen molar-refractivity contribution in [1.29, 1.82) is 0 Å². The predicted octanol–water partition coefficient (Wildman–Crippen LogP) is 4.31. The van der Waals surface area contributed by atoms with E-state index < -0.39 is 5.67 Å². The summed E-state index contributed by atoms with van der Waals surface area (Å²) in [5, 5.41) is 0. The van der Waals surface area contributed by atoms with Gasteiger partial charge in [0.25, 0.3) is 5.91 Å². The van der Waals surface area contributed by atoms with Gasteiger partial charge in [0.15, 0.2) is 5.67 Å². The molecular weight excluding hydrogens is 431 g/mol. The summed E-state index contributed by atoms with van der Waals surface area (Å²) in [6.45, 7) is 5.67. The van der Waals surface area contributed by atoms with Crippen molar-refractivity contribution in [1.82, 2.24) is 9.80 Å². The highest BCUT2D eigenvalue weighted by atomic mass is 19.1. The molecule has 1 unspecified atom stereocenters. The quantitative estimate of drug-likeness (QED) is 0.646. The maximum absolute atomic E-state index is 14.1. The van der Waals surface area contributed by atoms with Gasteiger partial charge in [-0.3, -0.25) is 4.79 Å². The van der Waals surface area contributed by atoms with Crippen molar-refractivity contribution in [2.75, 3.05) is 39.4 Å². The summed E-state index contributed by atoms with van der Waals surface area (Å²) in [6, 6.07) is 9.33. The maximum atomic E-state index is 14.1. The first-order valence-corrected chi connectivity index (χ1v) is 13.5. The number of halogens is 1. The SMILES string of the molecule is O=C(N1CC2(CCC(N3CCC(c4ccccc4OC4CC5(COC5)C4)CC3)C2)C1)C1(F)CC1. The predicted molar refractivity (Wildman–Crippen MR) is 127 cm³/mol. The van der Waals surface area contributed by atoms with E-state index in [0.717, 1.165) is 58.0 Å². The van der Waals surface area contributed by atoms with Crippen molar-refractivity contribution in [3.63, 3.8) is 0 Å². The van der Waals surface area contributed by atoms with Gasteiger partial charge in [-0.05, 0) is 88.4 Å². The van der Waals surface area contributed by atoms with Gasteiger partial charge in [-0.2, -0.15) is 0 Å². The zero-order valence-corrected chi connectivity index (χ0v) is 20.1.